The third kappa shape index (κ3) is 2.46. The molecule has 0 atom stereocenters. The van der Waals surface area contributed by atoms with Gasteiger partial charge < -0.3 is 5.32 Å². The van der Waals surface area contributed by atoms with E-state index in [0.29, 0.717) is 34.6 Å². The average molecular weight is 331 g/mol. The molecule has 0 bridgehead atoms. The van der Waals surface area contributed by atoms with Crippen molar-refractivity contribution in [3.05, 3.63) is 58.7 Å². The number of aliphatic imine (C=N–C) groups is 1. The largest absolute Gasteiger partial charge is 0.380 e. The fourth-order valence-corrected chi connectivity index (χ4v) is 3.09. The molecule has 1 aliphatic heterocycles. The van der Waals surface area contributed by atoms with E-state index in [2.05, 4.69) is 10.3 Å². The van der Waals surface area contributed by atoms with Gasteiger partial charge in [-0.25, -0.2) is 13.2 Å². The zero-order valence-corrected chi connectivity index (χ0v) is 13.1. The Balaban J connectivity index is 1.88. The average Bonchev–Trinajstić information content (AvgIpc) is 3.33. The number of rotatable bonds is 2. The monoisotopic (exact) mass is 331 g/mol. The van der Waals surface area contributed by atoms with Crippen LogP contribution in [0.5, 0.6) is 0 Å². The molecule has 2 aliphatic rings. The quantitative estimate of drug-likeness (QED) is 0.893. The van der Waals surface area contributed by atoms with E-state index < -0.39 is 6.43 Å². The first-order valence-corrected chi connectivity index (χ1v) is 7.87. The highest BCUT2D eigenvalue weighted by molar-refractivity contribution is 6.16. The Labute approximate surface area is 137 Å². The molecule has 1 spiro atoms. The van der Waals surface area contributed by atoms with E-state index in [1.54, 1.807) is 25.1 Å². The number of aryl methyl sites for hydroxylation is 1. The van der Waals surface area contributed by atoms with E-state index >= 15 is 0 Å². The van der Waals surface area contributed by atoms with Crippen LogP contribution in [0.25, 0.3) is 0 Å². The molecule has 24 heavy (non-hydrogen) atoms. The number of aromatic nitrogens is 1. The van der Waals surface area contributed by atoms with Crippen LogP contribution in [0.15, 0.2) is 35.5 Å². The normalized spacial score (nSPS) is 18.0. The summed E-state index contributed by atoms with van der Waals surface area (Å²) in [5, 5.41) is 3.16. The zero-order valence-electron chi connectivity index (χ0n) is 13.1. The maximum Gasteiger partial charge on any atom is 0.280 e. The topological polar surface area (TPSA) is 37.3 Å². The fraction of sp³-hybridized carbons (Fsp3) is 0.333. The van der Waals surface area contributed by atoms with Crippen molar-refractivity contribution < 1.29 is 13.2 Å². The summed E-state index contributed by atoms with van der Waals surface area (Å²) in [6.45, 7) is 2.18. The zero-order chi connectivity index (χ0) is 16.9. The molecule has 1 saturated carbocycles. The Kier molecular flexibility index (Phi) is 3.37. The summed E-state index contributed by atoms with van der Waals surface area (Å²) in [7, 11) is 0. The minimum atomic E-state index is -2.61. The molecule has 124 valence electrons. The first kappa shape index (κ1) is 15.2. The number of nitrogens with zero attached hydrogens (tertiary/aromatic N) is 2. The molecule has 1 aromatic heterocycles. The SMILES string of the molecule is Cc1cc(C2=NC3(CC3)CNc3c(F)cccc32)cnc1C(F)F. The van der Waals surface area contributed by atoms with Crippen LogP contribution in [-0.2, 0) is 0 Å². The standard InChI is InChI=1S/C18H16F3N3/c1-10-7-11(8-22-14(10)17(20)21)15-12-3-2-4-13(19)16(12)23-9-18(24-15)5-6-18/h2-4,7-8,17,23H,5-6,9H2,1H3. The maximum absolute atomic E-state index is 14.2. The first-order chi connectivity index (χ1) is 11.5. The van der Waals surface area contributed by atoms with Gasteiger partial charge in [-0.2, -0.15) is 0 Å². The van der Waals surface area contributed by atoms with Crippen molar-refractivity contribution in [3.63, 3.8) is 0 Å². The summed E-state index contributed by atoms with van der Waals surface area (Å²) in [6.07, 6.45) is 0.654. The molecule has 0 amide bonds. The Morgan fingerprint density at radius 2 is 2.04 bits per heavy atom. The predicted molar refractivity (Wildman–Crippen MR) is 86.4 cm³/mol. The molecule has 6 heteroatoms. The Morgan fingerprint density at radius 1 is 1.25 bits per heavy atom. The second-order valence-corrected chi connectivity index (χ2v) is 6.43. The Bertz CT molecular complexity index is 841. The number of halogens is 3. The van der Waals surface area contributed by atoms with Crippen molar-refractivity contribution in [1.29, 1.82) is 0 Å². The number of alkyl halides is 2. The lowest BCUT2D eigenvalue weighted by Crippen LogP contribution is -2.18. The number of pyridine rings is 1. The third-order valence-electron chi connectivity index (χ3n) is 4.64. The molecule has 0 unspecified atom stereocenters. The highest BCUT2D eigenvalue weighted by atomic mass is 19.3. The second-order valence-electron chi connectivity index (χ2n) is 6.43. The second kappa shape index (κ2) is 5.33. The van der Waals surface area contributed by atoms with Gasteiger partial charge in [0, 0.05) is 23.9 Å². The lowest BCUT2D eigenvalue weighted by atomic mass is 10.00. The summed E-state index contributed by atoms with van der Waals surface area (Å²) in [5.74, 6) is -0.341. The maximum atomic E-state index is 14.2. The van der Waals surface area contributed by atoms with Crippen molar-refractivity contribution in [2.24, 2.45) is 4.99 Å². The van der Waals surface area contributed by atoms with Crippen LogP contribution in [0.1, 0.15) is 41.7 Å². The van der Waals surface area contributed by atoms with Crippen molar-refractivity contribution in [1.82, 2.24) is 4.98 Å². The number of hydrogen-bond donors (Lipinski definition) is 1. The molecular weight excluding hydrogens is 315 g/mol. The molecule has 0 radical (unpaired) electrons. The minimum absolute atomic E-state index is 0.226. The van der Waals surface area contributed by atoms with E-state index in [9.17, 15) is 13.2 Å². The molecule has 1 aromatic carbocycles. The molecule has 1 aliphatic carbocycles. The molecule has 4 rings (SSSR count). The highest BCUT2D eigenvalue weighted by Crippen LogP contribution is 2.43. The van der Waals surface area contributed by atoms with Crippen LogP contribution < -0.4 is 5.32 Å². The summed E-state index contributed by atoms with van der Waals surface area (Å²) < 4.78 is 40.1. The smallest absolute Gasteiger partial charge is 0.280 e. The lowest BCUT2D eigenvalue weighted by molar-refractivity contribution is 0.145. The number of para-hydroxylation sites is 1. The number of fused-ring (bicyclic) bond motifs is 1. The van der Waals surface area contributed by atoms with Gasteiger partial charge in [0.1, 0.15) is 11.5 Å². The lowest BCUT2D eigenvalue weighted by Gasteiger charge is -2.12. The number of benzene rings is 1. The van der Waals surface area contributed by atoms with Crippen LogP contribution in [0.3, 0.4) is 0 Å². The molecule has 2 heterocycles. The van der Waals surface area contributed by atoms with Crippen molar-refractivity contribution >= 4 is 11.4 Å². The first-order valence-electron chi connectivity index (χ1n) is 7.87. The van der Waals surface area contributed by atoms with Crippen LogP contribution in [0.4, 0.5) is 18.9 Å². The Hall–Kier alpha value is -2.37. The van der Waals surface area contributed by atoms with Gasteiger partial charge in [-0.15, -0.1) is 0 Å². The minimum Gasteiger partial charge on any atom is -0.380 e. The van der Waals surface area contributed by atoms with Gasteiger partial charge in [0.2, 0.25) is 0 Å². The van der Waals surface area contributed by atoms with E-state index in [0.717, 1.165) is 12.8 Å². The van der Waals surface area contributed by atoms with Crippen molar-refractivity contribution in [2.45, 2.75) is 31.7 Å². The van der Waals surface area contributed by atoms with Gasteiger partial charge in [-0.3, -0.25) is 9.98 Å². The summed E-state index contributed by atoms with van der Waals surface area (Å²) in [6, 6.07) is 6.48. The summed E-state index contributed by atoms with van der Waals surface area (Å²) in [4.78, 5) is 8.75. The van der Waals surface area contributed by atoms with Gasteiger partial charge in [0.05, 0.1) is 16.9 Å². The van der Waals surface area contributed by atoms with Gasteiger partial charge in [0.25, 0.3) is 6.43 Å². The van der Waals surface area contributed by atoms with Gasteiger partial charge in [-0.1, -0.05) is 12.1 Å². The van der Waals surface area contributed by atoms with E-state index in [4.69, 9.17) is 4.99 Å². The van der Waals surface area contributed by atoms with Crippen LogP contribution in [-0.4, -0.2) is 22.8 Å². The molecular formula is C18H16F3N3. The van der Waals surface area contributed by atoms with E-state index in [1.165, 1.54) is 12.3 Å². The fourth-order valence-electron chi connectivity index (χ4n) is 3.09. The van der Waals surface area contributed by atoms with Crippen molar-refractivity contribution in [2.75, 3.05) is 11.9 Å². The number of anilines is 1. The third-order valence-corrected chi connectivity index (χ3v) is 4.64. The van der Waals surface area contributed by atoms with Crippen molar-refractivity contribution in [3.8, 4) is 0 Å². The summed E-state index contributed by atoms with van der Waals surface area (Å²) >= 11 is 0. The highest BCUT2D eigenvalue weighted by Gasteiger charge is 2.44. The molecule has 2 aromatic rings. The number of nitrogens with one attached hydrogen (secondary N) is 1. The number of hydrogen-bond acceptors (Lipinski definition) is 3. The van der Waals surface area contributed by atoms with Crippen LogP contribution in [0.2, 0.25) is 0 Å². The van der Waals surface area contributed by atoms with Gasteiger partial charge >= 0.3 is 0 Å². The van der Waals surface area contributed by atoms with E-state index in [-0.39, 0.29) is 17.1 Å². The molecule has 1 N–H and O–H groups in total. The van der Waals surface area contributed by atoms with Gasteiger partial charge in [0.15, 0.2) is 0 Å². The van der Waals surface area contributed by atoms with Crippen LogP contribution in [0, 0.1) is 12.7 Å². The Morgan fingerprint density at radius 3 is 2.71 bits per heavy atom. The molecule has 1 fully saturated rings. The molecule has 0 saturated heterocycles. The van der Waals surface area contributed by atoms with Crippen LogP contribution >= 0.6 is 0 Å². The molecule has 3 nitrogen and oxygen atoms in total. The van der Waals surface area contributed by atoms with E-state index in [1.807, 2.05) is 0 Å². The predicted octanol–water partition coefficient (Wildman–Crippen LogP) is 4.26. The summed E-state index contributed by atoms with van der Waals surface area (Å²) in [5.41, 5.74) is 2.26. The van der Waals surface area contributed by atoms with Gasteiger partial charge in [-0.05, 0) is 37.5 Å².